The summed E-state index contributed by atoms with van der Waals surface area (Å²) in [5.41, 5.74) is 1.89. The Kier molecular flexibility index (Phi) is 7.52. The Morgan fingerprint density at radius 3 is 2.00 bits per heavy atom. The molecule has 2 aromatic rings. The van der Waals surface area contributed by atoms with Crippen LogP contribution in [0.2, 0.25) is 0 Å². The fourth-order valence-corrected chi connectivity index (χ4v) is 3.86. The van der Waals surface area contributed by atoms with Gasteiger partial charge in [-0.05, 0) is 45.7 Å². The third-order valence-electron chi connectivity index (χ3n) is 5.18. The molecule has 1 aliphatic rings. The van der Waals surface area contributed by atoms with Crippen molar-refractivity contribution < 1.29 is 19.0 Å². The summed E-state index contributed by atoms with van der Waals surface area (Å²) in [6, 6.07) is 20.6. The fourth-order valence-electron chi connectivity index (χ4n) is 3.86. The molecule has 2 atom stereocenters. The molecule has 0 aliphatic carbocycles. The van der Waals surface area contributed by atoms with E-state index in [0.717, 1.165) is 13.1 Å². The Morgan fingerprint density at radius 1 is 1.00 bits per heavy atom. The summed E-state index contributed by atoms with van der Waals surface area (Å²) in [6.07, 6.45) is -0.138. The SMILES string of the molecule is CC(C)(C)OC(=O)C[C@@H]1OC(C)(C)OC[C@H]1N(Cc1ccccc1)Cc1ccccc1. The maximum atomic E-state index is 12.7. The van der Waals surface area contributed by atoms with E-state index in [1.165, 1.54) is 11.1 Å². The summed E-state index contributed by atoms with van der Waals surface area (Å²) < 4.78 is 17.9. The van der Waals surface area contributed by atoms with Crippen LogP contribution >= 0.6 is 0 Å². The first-order chi connectivity index (χ1) is 14.6. The molecular formula is C26H35NO4. The van der Waals surface area contributed by atoms with Crippen molar-refractivity contribution in [3.05, 3.63) is 71.8 Å². The third kappa shape index (κ3) is 7.46. The zero-order chi connectivity index (χ0) is 22.5. The molecular weight excluding hydrogens is 390 g/mol. The van der Waals surface area contributed by atoms with Crippen molar-refractivity contribution in [3.63, 3.8) is 0 Å². The van der Waals surface area contributed by atoms with Gasteiger partial charge in [-0.2, -0.15) is 0 Å². The Morgan fingerprint density at radius 2 is 1.52 bits per heavy atom. The highest BCUT2D eigenvalue weighted by Gasteiger charge is 2.41. The topological polar surface area (TPSA) is 48.0 Å². The standard InChI is InChI=1S/C26H35NO4/c1-25(2,3)31-24(28)16-23-22(19-29-26(4,5)30-23)27(17-20-12-8-6-9-13-20)18-21-14-10-7-11-15-21/h6-15,22-23H,16-19H2,1-5H3/t22-,23+/m1/s1. The predicted octanol–water partition coefficient (Wildman–Crippen LogP) is 4.94. The van der Waals surface area contributed by atoms with Gasteiger partial charge >= 0.3 is 5.97 Å². The van der Waals surface area contributed by atoms with Crippen LogP contribution in [0.5, 0.6) is 0 Å². The first-order valence-corrected chi connectivity index (χ1v) is 11.0. The van der Waals surface area contributed by atoms with Gasteiger partial charge in [0.25, 0.3) is 0 Å². The molecule has 0 N–H and O–H groups in total. The summed E-state index contributed by atoms with van der Waals surface area (Å²) in [5, 5.41) is 0. The summed E-state index contributed by atoms with van der Waals surface area (Å²) in [6.45, 7) is 11.4. The number of benzene rings is 2. The average molecular weight is 426 g/mol. The van der Waals surface area contributed by atoms with E-state index >= 15 is 0 Å². The smallest absolute Gasteiger partial charge is 0.309 e. The number of hydrogen-bond donors (Lipinski definition) is 0. The maximum absolute atomic E-state index is 12.7. The number of nitrogens with zero attached hydrogens (tertiary/aromatic N) is 1. The van der Waals surface area contributed by atoms with Gasteiger partial charge in [-0.25, -0.2) is 0 Å². The van der Waals surface area contributed by atoms with E-state index in [9.17, 15) is 4.79 Å². The molecule has 0 spiro atoms. The molecule has 31 heavy (non-hydrogen) atoms. The van der Waals surface area contributed by atoms with Crippen molar-refractivity contribution in [2.75, 3.05) is 6.61 Å². The van der Waals surface area contributed by atoms with E-state index in [2.05, 4.69) is 29.2 Å². The fraction of sp³-hybridized carbons (Fsp3) is 0.500. The molecule has 0 amide bonds. The molecule has 1 saturated heterocycles. The van der Waals surface area contributed by atoms with Crippen LogP contribution in [0.3, 0.4) is 0 Å². The van der Waals surface area contributed by atoms with E-state index in [4.69, 9.17) is 14.2 Å². The second-order valence-corrected chi connectivity index (χ2v) is 9.60. The van der Waals surface area contributed by atoms with Crippen molar-refractivity contribution >= 4 is 5.97 Å². The van der Waals surface area contributed by atoms with E-state index in [1.54, 1.807) is 0 Å². The Hall–Kier alpha value is -2.21. The number of carbonyl (C=O) groups excluding carboxylic acids is 1. The molecule has 1 aliphatic heterocycles. The van der Waals surface area contributed by atoms with Gasteiger partial charge in [0.1, 0.15) is 5.60 Å². The Balaban J connectivity index is 1.84. The van der Waals surface area contributed by atoms with Gasteiger partial charge in [0.05, 0.1) is 25.2 Å². The van der Waals surface area contributed by atoms with Crippen LogP contribution in [-0.2, 0) is 32.1 Å². The van der Waals surface area contributed by atoms with Gasteiger partial charge in [0, 0.05) is 13.1 Å². The molecule has 3 rings (SSSR count). The Labute approximate surface area is 186 Å². The number of carbonyl (C=O) groups is 1. The molecule has 1 fully saturated rings. The maximum Gasteiger partial charge on any atom is 0.309 e. The molecule has 5 nitrogen and oxygen atoms in total. The van der Waals surface area contributed by atoms with E-state index in [1.807, 2.05) is 71.0 Å². The minimum Gasteiger partial charge on any atom is -0.460 e. The molecule has 168 valence electrons. The molecule has 1 heterocycles. The van der Waals surface area contributed by atoms with Crippen molar-refractivity contribution in [1.82, 2.24) is 4.90 Å². The average Bonchev–Trinajstić information content (AvgIpc) is 2.67. The summed E-state index contributed by atoms with van der Waals surface area (Å²) in [4.78, 5) is 15.0. The van der Waals surface area contributed by atoms with Gasteiger partial charge in [-0.1, -0.05) is 60.7 Å². The first kappa shape index (κ1) is 23.5. The zero-order valence-corrected chi connectivity index (χ0v) is 19.3. The van der Waals surface area contributed by atoms with Crippen LogP contribution in [0.1, 0.15) is 52.2 Å². The monoisotopic (exact) mass is 425 g/mol. The highest BCUT2D eigenvalue weighted by Crippen LogP contribution is 2.30. The lowest BCUT2D eigenvalue weighted by molar-refractivity contribution is -0.296. The van der Waals surface area contributed by atoms with Crippen LogP contribution in [0.15, 0.2) is 60.7 Å². The lowest BCUT2D eigenvalue weighted by atomic mass is 10.0. The van der Waals surface area contributed by atoms with Crippen LogP contribution < -0.4 is 0 Å². The van der Waals surface area contributed by atoms with Crippen molar-refractivity contribution in [2.45, 2.75) is 77.7 Å². The van der Waals surface area contributed by atoms with E-state index in [-0.39, 0.29) is 24.5 Å². The van der Waals surface area contributed by atoms with Crippen LogP contribution in [0.4, 0.5) is 0 Å². The van der Waals surface area contributed by atoms with Gasteiger partial charge in [-0.15, -0.1) is 0 Å². The number of ether oxygens (including phenoxy) is 3. The van der Waals surface area contributed by atoms with E-state index in [0.29, 0.717) is 6.61 Å². The highest BCUT2D eigenvalue weighted by atomic mass is 16.7. The van der Waals surface area contributed by atoms with Crippen molar-refractivity contribution in [3.8, 4) is 0 Å². The number of hydrogen-bond acceptors (Lipinski definition) is 5. The highest BCUT2D eigenvalue weighted by molar-refractivity contribution is 5.70. The van der Waals surface area contributed by atoms with Crippen molar-refractivity contribution in [2.24, 2.45) is 0 Å². The quantitative estimate of drug-likeness (QED) is 0.588. The summed E-state index contributed by atoms with van der Waals surface area (Å²) >= 11 is 0. The number of esters is 1. The van der Waals surface area contributed by atoms with Crippen LogP contribution in [0, 0.1) is 0 Å². The molecule has 0 bridgehead atoms. The second kappa shape index (κ2) is 9.94. The molecule has 2 aromatic carbocycles. The molecule has 0 radical (unpaired) electrons. The van der Waals surface area contributed by atoms with Crippen LogP contribution in [0.25, 0.3) is 0 Å². The first-order valence-electron chi connectivity index (χ1n) is 11.0. The number of rotatable bonds is 7. The molecule has 0 aromatic heterocycles. The minimum absolute atomic E-state index is 0.0824. The lowest BCUT2D eigenvalue weighted by Gasteiger charge is -2.45. The second-order valence-electron chi connectivity index (χ2n) is 9.60. The minimum atomic E-state index is -0.742. The summed E-state index contributed by atoms with van der Waals surface area (Å²) in [5.74, 6) is -0.992. The van der Waals surface area contributed by atoms with Gasteiger partial charge in [0.2, 0.25) is 0 Å². The van der Waals surface area contributed by atoms with E-state index < -0.39 is 11.4 Å². The third-order valence-corrected chi connectivity index (χ3v) is 5.18. The predicted molar refractivity (Wildman–Crippen MR) is 121 cm³/mol. The Bertz CT molecular complexity index is 788. The van der Waals surface area contributed by atoms with Gasteiger partial charge < -0.3 is 14.2 Å². The van der Waals surface area contributed by atoms with Gasteiger partial charge in [-0.3, -0.25) is 9.69 Å². The zero-order valence-electron chi connectivity index (χ0n) is 19.3. The molecule has 0 saturated carbocycles. The molecule has 5 heteroatoms. The lowest BCUT2D eigenvalue weighted by Crippen LogP contribution is -2.56. The molecule has 0 unspecified atom stereocenters. The largest absolute Gasteiger partial charge is 0.460 e. The van der Waals surface area contributed by atoms with Gasteiger partial charge in [0.15, 0.2) is 5.79 Å². The van der Waals surface area contributed by atoms with Crippen LogP contribution in [-0.4, -0.2) is 41.0 Å². The summed E-state index contributed by atoms with van der Waals surface area (Å²) in [7, 11) is 0. The van der Waals surface area contributed by atoms with Crippen molar-refractivity contribution in [1.29, 1.82) is 0 Å². The normalized spacial score (nSPS) is 21.1.